The van der Waals surface area contributed by atoms with Gasteiger partial charge < -0.3 is 10.0 Å². The molecule has 1 heterocycles. The van der Waals surface area contributed by atoms with E-state index >= 15 is 0 Å². The lowest BCUT2D eigenvalue weighted by Crippen LogP contribution is -2.29. The number of β-amino-alcohol motifs (C(OH)–C–C–N with tert-alkyl or cyclic N) is 1. The molecule has 1 unspecified atom stereocenters. The van der Waals surface area contributed by atoms with Gasteiger partial charge in [0.1, 0.15) is 5.82 Å². The van der Waals surface area contributed by atoms with Crippen LogP contribution in [-0.4, -0.2) is 35.1 Å². The third-order valence-electron chi connectivity index (χ3n) is 2.63. The van der Waals surface area contributed by atoms with E-state index in [1.807, 2.05) is 0 Å². The van der Waals surface area contributed by atoms with Gasteiger partial charge in [-0.2, -0.15) is 0 Å². The van der Waals surface area contributed by atoms with Gasteiger partial charge in [0.15, 0.2) is 0 Å². The number of rotatable bonds is 1. The molecule has 0 saturated carbocycles. The number of hydrogen-bond acceptors (Lipinski definition) is 2. The molecule has 1 aromatic carbocycles. The van der Waals surface area contributed by atoms with Crippen molar-refractivity contribution in [2.24, 2.45) is 0 Å². The Bertz CT molecular complexity index is 424. The Kier molecular flexibility index (Phi) is 3.25. The van der Waals surface area contributed by atoms with Crippen molar-refractivity contribution in [2.75, 3.05) is 13.1 Å². The van der Waals surface area contributed by atoms with E-state index in [0.29, 0.717) is 25.1 Å². The van der Waals surface area contributed by atoms with Crippen molar-refractivity contribution in [1.29, 1.82) is 0 Å². The molecule has 0 spiro atoms. The molecule has 86 valence electrons. The Labute approximate surface area is 101 Å². The van der Waals surface area contributed by atoms with E-state index in [1.165, 1.54) is 17.0 Å². The Morgan fingerprint density at radius 3 is 2.94 bits per heavy atom. The van der Waals surface area contributed by atoms with E-state index in [-0.39, 0.29) is 10.4 Å². The predicted octanol–water partition coefficient (Wildman–Crippen LogP) is 1.79. The molecular formula is C11H11BrFNO2. The summed E-state index contributed by atoms with van der Waals surface area (Å²) in [6.07, 6.45) is 0.120. The van der Waals surface area contributed by atoms with Crippen LogP contribution in [0.15, 0.2) is 22.7 Å². The van der Waals surface area contributed by atoms with E-state index in [2.05, 4.69) is 15.9 Å². The Hall–Kier alpha value is -0.940. The summed E-state index contributed by atoms with van der Waals surface area (Å²) in [6, 6.07) is 4.36. The first-order valence-corrected chi connectivity index (χ1v) is 5.80. The topological polar surface area (TPSA) is 40.5 Å². The third kappa shape index (κ3) is 2.10. The monoisotopic (exact) mass is 287 g/mol. The van der Waals surface area contributed by atoms with Gasteiger partial charge in [-0.05, 0) is 34.5 Å². The largest absolute Gasteiger partial charge is 0.391 e. The Morgan fingerprint density at radius 1 is 1.56 bits per heavy atom. The van der Waals surface area contributed by atoms with Gasteiger partial charge in [-0.15, -0.1) is 0 Å². The van der Waals surface area contributed by atoms with Crippen molar-refractivity contribution in [1.82, 2.24) is 4.90 Å². The van der Waals surface area contributed by atoms with Gasteiger partial charge in [-0.1, -0.05) is 6.07 Å². The number of benzene rings is 1. The fourth-order valence-corrected chi connectivity index (χ4v) is 2.20. The fourth-order valence-electron chi connectivity index (χ4n) is 1.77. The van der Waals surface area contributed by atoms with Crippen LogP contribution in [0.5, 0.6) is 0 Å². The summed E-state index contributed by atoms with van der Waals surface area (Å²) in [4.78, 5) is 13.5. The number of halogens is 2. The zero-order valence-electron chi connectivity index (χ0n) is 8.49. The molecule has 0 aliphatic carbocycles. The first kappa shape index (κ1) is 11.5. The molecule has 1 aromatic rings. The molecular weight excluding hydrogens is 277 g/mol. The highest BCUT2D eigenvalue weighted by Gasteiger charge is 2.26. The number of carbonyl (C=O) groups excluding carboxylic acids is 1. The zero-order chi connectivity index (χ0) is 11.7. The van der Waals surface area contributed by atoms with Gasteiger partial charge in [0.2, 0.25) is 0 Å². The SMILES string of the molecule is O=C(c1cccc(F)c1Br)N1CCC(O)C1. The van der Waals surface area contributed by atoms with Gasteiger partial charge in [-0.3, -0.25) is 4.79 Å². The van der Waals surface area contributed by atoms with Crippen molar-refractivity contribution in [3.63, 3.8) is 0 Å². The molecule has 1 fully saturated rings. The van der Waals surface area contributed by atoms with Gasteiger partial charge in [0.05, 0.1) is 16.1 Å². The number of nitrogens with zero attached hydrogens (tertiary/aromatic N) is 1. The maximum absolute atomic E-state index is 13.2. The standard InChI is InChI=1S/C11H11BrFNO2/c12-10-8(2-1-3-9(10)13)11(16)14-5-4-7(15)6-14/h1-3,7,15H,4-6H2. The molecule has 1 N–H and O–H groups in total. The number of hydrogen-bond donors (Lipinski definition) is 1. The highest BCUT2D eigenvalue weighted by Crippen LogP contribution is 2.23. The fraction of sp³-hybridized carbons (Fsp3) is 0.364. The van der Waals surface area contributed by atoms with Crippen molar-refractivity contribution >= 4 is 21.8 Å². The summed E-state index contributed by atoms with van der Waals surface area (Å²) >= 11 is 3.06. The smallest absolute Gasteiger partial charge is 0.255 e. The second-order valence-electron chi connectivity index (χ2n) is 3.80. The molecule has 0 bridgehead atoms. The Morgan fingerprint density at radius 2 is 2.31 bits per heavy atom. The summed E-state index contributed by atoms with van der Waals surface area (Å²) in [6.45, 7) is 0.838. The van der Waals surface area contributed by atoms with E-state index in [4.69, 9.17) is 0 Å². The molecule has 0 radical (unpaired) electrons. The van der Waals surface area contributed by atoms with Crippen molar-refractivity contribution in [3.05, 3.63) is 34.1 Å². The number of aliphatic hydroxyl groups excluding tert-OH is 1. The van der Waals surface area contributed by atoms with Crippen molar-refractivity contribution < 1.29 is 14.3 Å². The lowest BCUT2D eigenvalue weighted by atomic mass is 10.2. The van der Waals surface area contributed by atoms with Crippen LogP contribution < -0.4 is 0 Å². The van der Waals surface area contributed by atoms with Crippen molar-refractivity contribution in [3.8, 4) is 0 Å². The average Bonchev–Trinajstić information content (AvgIpc) is 2.68. The number of amides is 1. The zero-order valence-corrected chi connectivity index (χ0v) is 10.1. The number of aliphatic hydroxyl groups is 1. The molecule has 1 aliphatic rings. The van der Waals surface area contributed by atoms with Crippen LogP contribution in [0, 0.1) is 5.82 Å². The summed E-state index contributed by atoms with van der Waals surface area (Å²) in [5, 5.41) is 9.34. The molecule has 3 nitrogen and oxygen atoms in total. The second-order valence-corrected chi connectivity index (χ2v) is 4.59. The second kappa shape index (κ2) is 4.51. The summed E-state index contributed by atoms with van der Waals surface area (Å²) in [5.74, 6) is -0.700. The molecule has 1 atom stereocenters. The lowest BCUT2D eigenvalue weighted by molar-refractivity contribution is 0.0763. The summed E-state index contributed by atoms with van der Waals surface area (Å²) in [5.41, 5.74) is 0.300. The molecule has 2 rings (SSSR count). The first-order chi connectivity index (χ1) is 7.59. The Balaban J connectivity index is 2.24. The van der Waals surface area contributed by atoms with E-state index < -0.39 is 11.9 Å². The van der Waals surface area contributed by atoms with Crippen LogP contribution in [0.3, 0.4) is 0 Å². The number of likely N-dealkylation sites (tertiary alicyclic amines) is 1. The van der Waals surface area contributed by atoms with Crippen LogP contribution in [0.2, 0.25) is 0 Å². The van der Waals surface area contributed by atoms with Gasteiger partial charge >= 0.3 is 0 Å². The predicted molar refractivity (Wildman–Crippen MR) is 60.6 cm³/mol. The van der Waals surface area contributed by atoms with E-state index in [9.17, 15) is 14.3 Å². The number of carbonyl (C=O) groups is 1. The van der Waals surface area contributed by atoms with Gasteiger partial charge in [-0.25, -0.2) is 4.39 Å². The van der Waals surface area contributed by atoms with Crippen LogP contribution in [0.25, 0.3) is 0 Å². The van der Waals surface area contributed by atoms with Crippen molar-refractivity contribution in [2.45, 2.75) is 12.5 Å². The van der Waals surface area contributed by atoms with Crippen LogP contribution in [0.1, 0.15) is 16.8 Å². The van der Waals surface area contributed by atoms with E-state index in [0.717, 1.165) is 0 Å². The lowest BCUT2D eigenvalue weighted by Gasteiger charge is -2.16. The molecule has 0 aromatic heterocycles. The summed E-state index contributed by atoms with van der Waals surface area (Å²) < 4.78 is 13.4. The van der Waals surface area contributed by atoms with Gasteiger partial charge in [0.25, 0.3) is 5.91 Å². The van der Waals surface area contributed by atoms with Crippen LogP contribution in [0.4, 0.5) is 4.39 Å². The molecule has 1 amide bonds. The molecule has 5 heteroatoms. The molecule has 16 heavy (non-hydrogen) atoms. The minimum atomic E-state index is -0.462. The first-order valence-electron chi connectivity index (χ1n) is 5.01. The maximum atomic E-state index is 13.2. The van der Waals surface area contributed by atoms with Crippen LogP contribution in [-0.2, 0) is 0 Å². The highest BCUT2D eigenvalue weighted by atomic mass is 79.9. The highest BCUT2D eigenvalue weighted by molar-refractivity contribution is 9.10. The minimum absolute atomic E-state index is 0.182. The third-order valence-corrected chi connectivity index (χ3v) is 3.44. The molecule has 1 aliphatic heterocycles. The minimum Gasteiger partial charge on any atom is -0.391 e. The van der Waals surface area contributed by atoms with Gasteiger partial charge in [0, 0.05) is 13.1 Å². The van der Waals surface area contributed by atoms with E-state index in [1.54, 1.807) is 6.07 Å². The van der Waals surface area contributed by atoms with Crippen LogP contribution >= 0.6 is 15.9 Å². The molecule has 1 saturated heterocycles. The quantitative estimate of drug-likeness (QED) is 0.856. The normalized spacial score (nSPS) is 20.2. The average molecular weight is 288 g/mol. The summed E-state index contributed by atoms with van der Waals surface area (Å²) in [7, 11) is 0. The maximum Gasteiger partial charge on any atom is 0.255 e.